The fourth-order valence-electron chi connectivity index (χ4n) is 3.70. The van der Waals surface area contributed by atoms with Gasteiger partial charge < -0.3 is 14.8 Å². The highest BCUT2D eigenvalue weighted by atomic mass is 35.5. The maximum atomic E-state index is 12.8. The number of carbonyl (C=O) groups is 1. The lowest BCUT2D eigenvalue weighted by molar-refractivity contribution is -0.123. The molecule has 0 saturated heterocycles. The minimum absolute atomic E-state index is 0.130. The van der Waals surface area contributed by atoms with Crippen LogP contribution >= 0.6 is 23.2 Å². The van der Waals surface area contributed by atoms with Crippen molar-refractivity contribution < 1.29 is 14.3 Å². The van der Waals surface area contributed by atoms with Gasteiger partial charge in [0, 0.05) is 23.1 Å². The molecule has 1 amide bonds. The molecule has 174 valence electrons. The van der Waals surface area contributed by atoms with Gasteiger partial charge in [-0.05, 0) is 65.9 Å². The first-order chi connectivity index (χ1) is 15.9. The molecule has 3 rings (SSSR count). The van der Waals surface area contributed by atoms with Crippen LogP contribution in [-0.4, -0.2) is 27.2 Å². The summed E-state index contributed by atoms with van der Waals surface area (Å²) in [4.78, 5) is 12.8. The SMILES string of the molecule is CNC(=O)C(NC(CCc1ccc(Cl)cc1)c1ccc(OC)c(OC)c1)c1ccc(Cl)cc1. The van der Waals surface area contributed by atoms with Crippen LogP contribution < -0.4 is 20.1 Å². The Morgan fingerprint density at radius 1 is 0.848 bits per heavy atom. The molecule has 0 spiro atoms. The van der Waals surface area contributed by atoms with Gasteiger partial charge in [0.2, 0.25) is 5.91 Å². The summed E-state index contributed by atoms with van der Waals surface area (Å²) >= 11 is 12.1. The standard InChI is InChI=1S/C26H28Cl2N2O3/c1-29-26(31)25(18-7-12-21(28)13-8-18)30-22(14-6-17-4-10-20(27)11-5-17)19-9-15-23(32-2)24(16-19)33-3/h4-5,7-13,15-16,22,25,30H,6,14H2,1-3H3,(H,29,31). The Hall–Kier alpha value is -2.73. The summed E-state index contributed by atoms with van der Waals surface area (Å²) in [5, 5.41) is 7.64. The molecule has 0 aliphatic heterocycles. The van der Waals surface area contributed by atoms with Crippen molar-refractivity contribution in [2.24, 2.45) is 0 Å². The molecule has 3 aromatic rings. The van der Waals surface area contributed by atoms with Gasteiger partial charge in [-0.3, -0.25) is 10.1 Å². The van der Waals surface area contributed by atoms with Crippen LogP contribution in [0.15, 0.2) is 66.7 Å². The number of aryl methyl sites for hydroxylation is 1. The number of carbonyl (C=O) groups excluding carboxylic acids is 1. The van der Waals surface area contributed by atoms with E-state index in [1.807, 2.05) is 54.6 Å². The summed E-state index contributed by atoms with van der Waals surface area (Å²) in [5.74, 6) is 1.16. The van der Waals surface area contributed by atoms with Crippen molar-refractivity contribution in [2.45, 2.75) is 24.9 Å². The Bertz CT molecular complexity index is 1060. The maximum absolute atomic E-state index is 12.8. The number of hydrogen-bond acceptors (Lipinski definition) is 4. The highest BCUT2D eigenvalue weighted by Gasteiger charge is 2.25. The highest BCUT2D eigenvalue weighted by molar-refractivity contribution is 6.30. The van der Waals surface area contributed by atoms with E-state index in [-0.39, 0.29) is 11.9 Å². The van der Waals surface area contributed by atoms with Crippen LogP contribution in [0.3, 0.4) is 0 Å². The average Bonchev–Trinajstić information content (AvgIpc) is 2.85. The van der Waals surface area contributed by atoms with Crippen molar-refractivity contribution in [3.05, 3.63) is 93.5 Å². The van der Waals surface area contributed by atoms with Crippen molar-refractivity contribution in [3.8, 4) is 11.5 Å². The molecule has 2 unspecified atom stereocenters. The minimum atomic E-state index is -0.560. The third-order valence-corrected chi connectivity index (χ3v) is 6.03. The maximum Gasteiger partial charge on any atom is 0.241 e. The number of amides is 1. The molecule has 0 aromatic heterocycles. The quantitative estimate of drug-likeness (QED) is 0.382. The second-order valence-electron chi connectivity index (χ2n) is 7.60. The van der Waals surface area contributed by atoms with Gasteiger partial charge in [-0.2, -0.15) is 0 Å². The molecule has 0 aliphatic rings. The monoisotopic (exact) mass is 486 g/mol. The molecule has 0 saturated carbocycles. The van der Waals surface area contributed by atoms with E-state index in [2.05, 4.69) is 10.6 Å². The second kappa shape index (κ2) is 11.9. The summed E-state index contributed by atoms with van der Waals surface area (Å²) in [5.41, 5.74) is 2.98. The molecule has 5 nitrogen and oxygen atoms in total. The van der Waals surface area contributed by atoms with E-state index in [0.717, 1.165) is 29.5 Å². The van der Waals surface area contributed by atoms with E-state index in [1.54, 1.807) is 33.4 Å². The van der Waals surface area contributed by atoms with Crippen LogP contribution in [0.2, 0.25) is 10.0 Å². The average molecular weight is 487 g/mol. The summed E-state index contributed by atoms with van der Waals surface area (Å²) in [6.07, 6.45) is 1.54. The van der Waals surface area contributed by atoms with Crippen molar-refractivity contribution in [1.82, 2.24) is 10.6 Å². The predicted molar refractivity (Wildman–Crippen MR) is 133 cm³/mol. The molecule has 0 radical (unpaired) electrons. The minimum Gasteiger partial charge on any atom is -0.493 e. The van der Waals surface area contributed by atoms with Crippen molar-refractivity contribution >= 4 is 29.1 Å². The number of ether oxygens (including phenoxy) is 2. The van der Waals surface area contributed by atoms with Crippen LogP contribution in [-0.2, 0) is 11.2 Å². The zero-order chi connectivity index (χ0) is 23.8. The van der Waals surface area contributed by atoms with Gasteiger partial charge in [-0.1, -0.05) is 53.5 Å². The van der Waals surface area contributed by atoms with E-state index in [0.29, 0.717) is 21.5 Å². The molecule has 3 aromatic carbocycles. The third kappa shape index (κ3) is 6.64. The first-order valence-corrected chi connectivity index (χ1v) is 11.4. The molecule has 0 aliphatic carbocycles. The van der Waals surface area contributed by atoms with E-state index >= 15 is 0 Å². The molecule has 2 N–H and O–H groups in total. The summed E-state index contributed by atoms with van der Waals surface area (Å²) in [7, 11) is 4.85. The Labute approximate surface area is 205 Å². The zero-order valence-electron chi connectivity index (χ0n) is 18.9. The fourth-order valence-corrected chi connectivity index (χ4v) is 3.95. The lowest BCUT2D eigenvalue weighted by atomic mass is 9.96. The van der Waals surface area contributed by atoms with Crippen LogP contribution in [0, 0.1) is 0 Å². The van der Waals surface area contributed by atoms with Crippen molar-refractivity contribution in [3.63, 3.8) is 0 Å². The van der Waals surface area contributed by atoms with Crippen molar-refractivity contribution in [2.75, 3.05) is 21.3 Å². The first-order valence-electron chi connectivity index (χ1n) is 10.6. The summed E-state index contributed by atoms with van der Waals surface area (Å²) in [6.45, 7) is 0. The number of methoxy groups -OCH3 is 2. The summed E-state index contributed by atoms with van der Waals surface area (Å²) in [6, 6.07) is 20.2. The van der Waals surface area contributed by atoms with E-state index < -0.39 is 6.04 Å². The molecule has 7 heteroatoms. The van der Waals surface area contributed by atoms with Gasteiger partial charge in [0.15, 0.2) is 11.5 Å². The number of halogens is 2. The smallest absolute Gasteiger partial charge is 0.241 e. The Balaban J connectivity index is 1.94. The molecule has 0 fully saturated rings. The summed E-state index contributed by atoms with van der Waals surface area (Å²) < 4.78 is 10.9. The Kier molecular flexibility index (Phi) is 9.01. The van der Waals surface area contributed by atoms with Gasteiger partial charge in [-0.15, -0.1) is 0 Å². The van der Waals surface area contributed by atoms with Crippen LogP contribution in [0.25, 0.3) is 0 Å². The first kappa shape index (κ1) is 24.9. The van der Waals surface area contributed by atoms with E-state index in [1.165, 1.54) is 0 Å². The molecule has 33 heavy (non-hydrogen) atoms. The van der Waals surface area contributed by atoms with Gasteiger partial charge in [0.1, 0.15) is 6.04 Å². The van der Waals surface area contributed by atoms with E-state index in [9.17, 15) is 4.79 Å². The fraction of sp³-hybridized carbons (Fsp3) is 0.269. The molecule has 0 bridgehead atoms. The van der Waals surface area contributed by atoms with Crippen LogP contribution in [0.5, 0.6) is 11.5 Å². The number of likely N-dealkylation sites (N-methyl/N-ethyl adjacent to an activating group) is 1. The van der Waals surface area contributed by atoms with E-state index in [4.69, 9.17) is 32.7 Å². The van der Waals surface area contributed by atoms with Gasteiger partial charge in [-0.25, -0.2) is 0 Å². The number of rotatable bonds is 10. The third-order valence-electron chi connectivity index (χ3n) is 5.52. The lowest BCUT2D eigenvalue weighted by Crippen LogP contribution is -2.38. The molecule has 2 atom stereocenters. The van der Waals surface area contributed by atoms with Gasteiger partial charge in [0.05, 0.1) is 14.2 Å². The molecular weight excluding hydrogens is 459 g/mol. The number of hydrogen-bond donors (Lipinski definition) is 2. The zero-order valence-corrected chi connectivity index (χ0v) is 20.4. The Morgan fingerprint density at radius 3 is 2.00 bits per heavy atom. The number of benzene rings is 3. The lowest BCUT2D eigenvalue weighted by Gasteiger charge is -2.26. The van der Waals surface area contributed by atoms with Gasteiger partial charge in [0.25, 0.3) is 0 Å². The highest BCUT2D eigenvalue weighted by Crippen LogP contribution is 2.33. The Morgan fingerprint density at radius 2 is 1.42 bits per heavy atom. The normalized spacial score (nSPS) is 12.6. The van der Waals surface area contributed by atoms with Crippen molar-refractivity contribution in [1.29, 1.82) is 0 Å². The van der Waals surface area contributed by atoms with Crippen LogP contribution in [0.1, 0.15) is 35.2 Å². The van der Waals surface area contributed by atoms with Crippen LogP contribution in [0.4, 0.5) is 0 Å². The van der Waals surface area contributed by atoms with Gasteiger partial charge >= 0.3 is 0 Å². The predicted octanol–water partition coefficient (Wildman–Crippen LogP) is 5.76. The topological polar surface area (TPSA) is 59.6 Å². The molecule has 0 heterocycles. The number of nitrogens with one attached hydrogen (secondary N) is 2. The largest absolute Gasteiger partial charge is 0.493 e. The second-order valence-corrected chi connectivity index (χ2v) is 8.47. The molecular formula is C26H28Cl2N2O3.